The molecule has 0 saturated heterocycles. The molecule has 5 nitrogen and oxygen atoms in total. The maximum atomic E-state index is 11.6. The molecule has 1 aromatic rings. The minimum absolute atomic E-state index is 0.0853. The highest BCUT2D eigenvalue weighted by atomic mass is 35.5. The van der Waals surface area contributed by atoms with E-state index in [0.29, 0.717) is 0 Å². The van der Waals surface area contributed by atoms with Crippen molar-refractivity contribution in [3.63, 3.8) is 0 Å². The van der Waals surface area contributed by atoms with Crippen LogP contribution >= 0.6 is 11.6 Å². The van der Waals surface area contributed by atoms with E-state index in [-0.39, 0.29) is 22.0 Å². The predicted molar refractivity (Wildman–Crippen MR) is 61.5 cm³/mol. The Bertz CT molecular complexity index is 513. The van der Waals surface area contributed by atoms with E-state index in [2.05, 4.69) is 0 Å². The molecule has 0 heterocycles. The van der Waals surface area contributed by atoms with Gasteiger partial charge in [0.1, 0.15) is 0 Å². The third kappa shape index (κ3) is 2.86. The zero-order chi connectivity index (χ0) is 12.3. The molecule has 0 bridgehead atoms. The average Bonchev–Trinajstić information content (AvgIpc) is 2.21. The van der Waals surface area contributed by atoms with Gasteiger partial charge in [0.05, 0.1) is 15.6 Å². The molecular weight excluding hydrogens is 252 g/mol. The van der Waals surface area contributed by atoms with Crippen LogP contribution in [-0.2, 0) is 14.8 Å². The van der Waals surface area contributed by atoms with Crippen LogP contribution in [0.25, 0.3) is 0 Å². The van der Waals surface area contributed by atoms with Crippen LogP contribution in [0.5, 0.6) is 0 Å². The second-order valence-electron chi connectivity index (χ2n) is 3.07. The molecule has 1 aromatic carbocycles. The van der Waals surface area contributed by atoms with Gasteiger partial charge in [0.15, 0.2) is 0 Å². The van der Waals surface area contributed by atoms with Crippen molar-refractivity contribution in [3.05, 3.63) is 23.2 Å². The SMILES string of the molecule is CCC(=O)NS(=O)(=O)c1ccc(N)c(Cl)c1. The van der Waals surface area contributed by atoms with Gasteiger partial charge in [0.2, 0.25) is 5.91 Å². The highest BCUT2D eigenvalue weighted by Gasteiger charge is 2.17. The Morgan fingerprint density at radius 2 is 2.12 bits per heavy atom. The monoisotopic (exact) mass is 262 g/mol. The van der Waals surface area contributed by atoms with Crippen molar-refractivity contribution in [1.82, 2.24) is 4.72 Å². The topological polar surface area (TPSA) is 89.3 Å². The van der Waals surface area contributed by atoms with Crippen molar-refractivity contribution in [2.45, 2.75) is 18.2 Å². The fourth-order valence-electron chi connectivity index (χ4n) is 0.956. The van der Waals surface area contributed by atoms with Crippen LogP contribution < -0.4 is 10.5 Å². The summed E-state index contributed by atoms with van der Waals surface area (Å²) in [5.41, 5.74) is 5.73. The molecule has 0 aromatic heterocycles. The van der Waals surface area contributed by atoms with Crippen molar-refractivity contribution in [2.75, 3.05) is 5.73 Å². The largest absolute Gasteiger partial charge is 0.398 e. The summed E-state index contributed by atoms with van der Waals surface area (Å²) in [4.78, 5) is 10.9. The van der Waals surface area contributed by atoms with E-state index in [0.717, 1.165) is 0 Å². The summed E-state index contributed by atoms with van der Waals surface area (Å²) in [5.74, 6) is -0.576. The van der Waals surface area contributed by atoms with E-state index < -0.39 is 15.9 Å². The lowest BCUT2D eigenvalue weighted by molar-refractivity contribution is -0.119. The van der Waals surface area contributed by atoms with Gasteiger partial charge in [-0.15, -0.1) is 0 Å². The number of nitrogens with one attached hydrogen (secondary N) is 1. The number of carbonyl (C=O) groups is 1. The lowest BCUT2D eigenvalue weighted by Crippen LogP contribution is -2.29. The van der Waals surface area contributed by atoms with E-state index in [4.69, 9.17) is 17.3 Å². The number of sulfonamides is 1. The number of hydrogen-bond acceptors (Lipinski definition) is 4. The minimum atomic E-state index is -3.85. The number of carbonyl (C=O) groups excluding carboxylic acids is 1. The standard InChI is InChI=1S/C9H11ClN2O3S/c1-2-9(13)12-16(14,15)6-3-4-8(11)7(10)5-6/h3-5H,2,11H2,1H3,(H,12,13). The summed E-state index contributed by atoms with van der Waals surface area (Å²) in [5, 5.41) is 0.131. The van der Waals surface area contributed by atoms with Crippen LogP contribution in [0.2, 0.25) is 5.02 Å². The van der Waals surface area contributed by atoms with E-state index in [1.807, 2.05) is 4.72 Å². The molecule has 0 aliphatic heterocycles. The van der Waals surface area contributed by atoms with Crippen LogP contribution in [0.1, 0.15) is 13.3 Å². The van der Waals surface area contributed by atoms with Crippen LogP contribution in [0.15, 0.2) is 23.1 Å². The third-order valence-corrected chi connectivity index (χ3v) is 3.55. The summed E-state index contributed by atoms with van der Waals surface area (Å²) in [7, 11) is -3.85. The first-order chi connectivity index (χ1) is 7.36. The number of halogens is 1. The first-order valence-corrected chi connectivity index (χ1v) is 6.33. The number of hydrogen-bond donors (Lipinski definition) is 2. The summed E-state index contributed by atoms with van der Waals surface area (Å²) in [6.45, 7) is 1.56. The Hall–Kier alpha value is -1.27. The Morgan fingerprint density at radius 1 is 1.50 bits per heavy atom. The van der Waals surface area contributed by atoms with E-state index in [1.54, 1.807) is 6.92 Å². The van der Waals surface area contributed by atoms with Gasteiger partial charge in [-0.1, -0.05) is 18.5 Å². The molecule has 0 unspecified atom stereocenters. The maximum Gasteiger partial charge on any atom is 0.264 e. The lowest BCUT2D eigenvalue weighted by atomic mass is 10.3. The van der Waals surface area contributed by atoms with E-state index in [1.165, 1.54) is 18.2 Å². The molecule has 0 spiro atoms. The highest BCUT2D eigenvalue weighted by Crippen LogP contribution is 2.22. The summed E-state index contributed by atoms with van der Waals surface area (Å²) < 4.78 is 25.2. The van der Waals surface area contributed by atoms with Gasteiger partial charge in [0.25, 0.3) is 10.0 Å². The second kappa shape index (κ2) is 4.71. The second-order valence-corrected chi connectivity index (χ2v) is 5.16. The Labute approximate surface area is 98.6 Å². The smallest absolute Gasteiger partial charge is 0.264 e. The van der Waals surface area contributed by atoms with Gasteiger partial charge < -0.3 is 5.73 Å². The van der Waals surface area contributed by atoms with Gasteiger partial charge in [-0.05, 0) is 18.2 Å². The fraction of sp³-hybridized carbons (Fsp3) is 0.222. The molecular formula is C9H11ClN2O3S. The number of benzene rings is 1. The van der Waals surface area contributed by atoms with Crippen LogP contribution in [0.4, 0.5) is 5.69 Å². The van der Waals surface area contributed by atoms with Gasteiger partial charge in [-0.2, -0.15) is 0 Å². The number of amides is 1. The molecule has 0 atom stereocenters. The number of anilines is 1. The Morgan fingerprint density at radius 3 is 2.62 bits per heavy atom. The molecule has 16 heavy (non-hydrogen) atoms. The third-order valence-electron chi connectivity index (χ3n) is 1.85. The summed E-state index contributed by atoms with van der Waals surface area (Å²) in [6.07, 6.45) is 0.0853. The Kier molecular flexibility index (Phi) is 3.77. The number of rotatable bonds is 3. The zero-order valence-electron chi connectivity index (χ0n) is 8.53. The molecule has 0 aliphatic carbocycles. The molecule has 88 valence electrons. The van der Waals surface area contributed by atoms with Crippen molar-refractivity contribution in [3.8, 4) is 0 Å². The zero-order valence-corrected chi connectivity index (χ0v) is 10.1. The van der Waals surface area contributed by atoms with Gasteiger partial charge in [-0.25, -0.2) is 13.1 Å². The Balaban J connectivity index is 3.08. The molecule has 7 heteroatoms. The summed E-state index contributed by atoms with van der Waals surface area (Å²) in [6, 6.07) is 3.85. The molecule has 0 saturated carbocycles. The highest BCUT2D eigenvalue weighted by molar-refractivity contribution is 7.90. The maximum absolute atomic E-state index is 11.6. The van der Waals surface area contributed by atoms with E-state index >= 15 is 0 Å². The quantitative estimate of drug-likeness (QED) is 0.800. The van der Waals surface area contributed by atoms with Gasteiger partial charge in [0, 0.05) is 6.42 Å². The lowest BCUT2D eigenvalue weighted by Gasteiger charge is -2.06. The first kappa shape index (κ1) is 12.8. The minimum Gasteiger partial charge on any atom is -0.398 e. The fourth-order valence-corrected chi connectivity index (χ4v) is 2.28. The van der Waals surface area contributed by atoms with Crippen molar-refractivity contribution >= 4 is 33.2 Å². The first-order valence-electron chi connectivity index (χ1n) is 4.47. The number of nitrogen functional groups attached to an aromatic ring is 1. The molecule has 1 rings (SSSR count). The van der Waals surface area contributed by atoms with Crippen LogP contribution in [-0.4, -0.2) is 14.3 Å². The number of nitrogens with two attached hydrogens (primary N) is 1. The molecule has 1 amide bonds. The van der Waals surface area contributed by atoms with Gasteiger partial charge >= 0.3 is 0 Å². The van der Waals surface area contributed by atoms with Crippen LogP contribution in [0, 0.1) is 0 Å². The molecule has 3 N–H and O–H groups in total. The summed E-state index contributed by atoms with van der Waals surface area (Å²) >= 11 is 5.69. The van der Waals surface area contributed by atoms with Crippen molar-refractivity contribution in [1.29, 1.82) is 0 Å². The predicted octanol–water partition coefficient (Wildman–Crippen LogP) is 1.14. The van der Waals surface area contributed by atoms with Crippen LogP contribution in [0.3, 0.4) is 0 Å². The molecule has 0 radical (unpaired) electrons. The van der Waals surface area contributed by atoms with E-state index in [9.17, 15) is 13.2 Å². The van der Waals surface area contributed by atoms with Gasteiger partial charge in [-0.3, -0.25) is 4.79 Å². The van der Waals surface area contributed by atoms with Crippen molar-refractivity contribution < 1.29 is 13.2 Å². The molecule has 0 aliphatic rings. The average molecular weight is 263 g/mol. The normalized spacial score (nSPS) is 11.1. The van der Waals surface area contributed by atoms with Crippen molar-refractivity contribution in [2.24, 2.45) is 0 Å². The molecule has 0 fully saturated rings.